The number of rotatable bonds is 8. The average molecular weight is 352 g/mol. The number of esters is 2. The summed E-state index contributed by atoms with van der Waals surface area (Å²) in [6.45, 7) is 1.65. The summed E-state index contributed by atoms with van der Waals surface area (Å²) in [4.78, 5) is 45.3. The third kappa shape index (κ3) is 7.82. The molecule has 1 aromatic rings. The van der Waals surface area contributed by atoms with Gasteiger partial charge < -0.3 is 14.2 Å². The van der Waals surface area contributed by atoms with Gasteiger partial charge in [-0.05, 0) is 31.2 Å². The molecular weight excluding hydrogens is 332 g/mol. The van der Waals surface area contributed by atoms with Crippen molar-refractivity contribution in [3.8, 4) is 5.75 Å². The van der Waals surface area contributed by atoms with E-state index < -0.39 is 23.8 Å². The van der Waals surface area contributed by atoms with Crippen LogP contribution in [0.15, 0.2) is 24.3 Å². The molecule has 0 saturated heterocycles. The number of methoxy groups -OCH3 is 1. The largest absolute Gasteiger partial charge is 0.484 e. The summed E-state index contributed by atoms with van der Waals surface area (Å²) < 4.78 is 14.5. The molecule has 1 rings (SSSR count). The zero-order valence-electron chi connectivity index (χ0n) is 14.0. The van der Waals surface area contributed by atoms with Crippen LogP contribution in [-0.2, 0) is 23.9 Å². The van der Waals surface area contributed by atoms with E-state index in [0.717, 1.165) is 0 Å². The van der Waals surface area contributed by atoms with Crippen molar-refractivity contribution in [3.63, 3.8) is 0 Å². The number of benzene rings is 1. The van der Waals surface area contributed by atoms with Gasteiger partial charge in [0.05, 0.1) is 25.7 Å². The van der Waals surface area contributed by atoms with E-state index in [0.29, 0.717) is 11.3 Å². The molecule has 2 N–H and O–H groups in total. The van der Waals surface area contributed by atoms with Gasteiger partial charge in [-0.3, -0.25) is 25.2 Å². The lowest BCUT2D eigenvalue weighted by Crippen LogP contribution is -2.43. The quantitative estimate of drug-likeness (QED) is 0.511. The Labute approximate surface area is 144 Å². The van der Waals surface area contributed by atoms with E-state index in [9.17, 15) is 19.2 Å². The maximum atomic E-state index is 11.6. The molecule has 0 atom stereocenters. The van der Waals surface area contributed by atoms with E-state index in [2.05, 4.69) is 15.6 Å². The second-order valence-electron chi connectivity index (χ2n) is 4.71. The first-order valence-electron chi connectivity index (χ1n) is 7.50. The fourth-order valence-electron chi connectivity index (χ4n) is 1.61. The molecule has 0 aliphatic heterocycles. The van der Waals surface area contributed by atoms with Crippen LogP contribution in [-0.4, -0.2) is 44.1 Å². The van der Waals surface area contributed by atoms with Gasteiger partial charge in [-0.2, -0.15) is 0 Å². The molecule has 0 saturated carbocycles. The zero-order valence-corrected chi connectivity index (χ0v) is 14.0. The summed E-state index contributed by atoms with van der Waals surface area (Å²) >= 11 is 0. The third-order valence-corrected chi connectivity index (χ3v) is 2.86. The van der Waals surface area contributed by atoms with Gasteiger partial charge in [0.15, 0.2) is 6.61 Å². The summed E-state index contributed by atoms with van der Waals surface area (Å²) in [7, 11) is 1.22. The van der Waals surface area contributed by atoms with Crippen molar-refractivity contribution in [2.24, 2.45) is 0 Å². The number of hydrazine groups is 1. The van der Waals surface area contributed by atoms with Crippen LogP contribution in [0.5, 0.6) is 5.75 Å². The van der Waals surface area contributed by atoms with Crippen molar-refractivity contribution in [2.75, 3.05) is 20.3 Å². The van der Waals surface area contributed by atoms with Gasteiger partial charge in [0.25, 0.3) is 5.91 Å². The van der Waals surface area contributed by atoms with Crippen molar-refractivity contribution >= 4 is 23.8 Å². The molecule has 0 unspecified atom stereocenters. The molecule has 136 valence electrons. The summed E-state index contributed by atoms with van der Waals surface area (Å²) in [5.41, 5.74) is 4.67. The van der Waals surface area contributed by atoms with Gasteiger partial charge in [-0.15, -0.1) is 0 Å². The number of carbonyl (C=O) groups is 4. The van der Waals surface area contributed by atoms with E-state index in [1.807, 2.05) is 0 Å². The smallest absolute Gasteiger partial charge is 0.338 e. The number of carbonyl (C=O) groups excluding carboxylic acids is 4. The molecule has 0 aliphatic carbocycles. The average Bonchev–Trinajstić information content (AvgIpc) is 2.63. The number of amides is 2. The van der Waals surface area contributed by atoms with Crippen molar-refractivity contribution in [2.45, 2.75) is 19.8 Å². The Hall–Kier alpha value is -3.10. The minimum Gasteiger partial charge on any atom is -0.484 e. The summed E-state index contributed by atoms with van der Waals surface area (Å²) in [5, 5.41) is 0. The van der Waals surface area contributed by atoms with Crippen LogP contribution in [0.25, 0.3) is 0 Å². The van der Waals surface area contributed by atoms with Crippen LogP contribution < -0.4 is 15.6 Å². The second kappa shape index (κ2) is 10.6. The maximum Gasteiger partial charge on any atom is 0.338 e. The van der Waals surface area contributed by atoms with Gasteiger partial charge in [-0.25, -0.2) is 4.79 Å². The van der Waals surface area contributed by atoms with Gasteiger partial charge in [0, 0.05) is 6.42 Å². The molecule has 0 aliphatic rings. The maximum absolute atomic E-state index is 11.6. The van der Waals surface area contributed by atoms with Crippen molar-refractivity contribution in [1.82, 2.24) is 10.9 Å². The lowest BCUT2D eigenvalue weighted by Gasteiger charge is -2.09. The minimum atomic E-state index is -0.583. The van der Waals surface area contributed by atoms with E-state index in [1.54, 1.807) is 6.92 Å². The number of hydrogen-bond acceptors (Lipinski definition) is 7. The Morgan fingerprint density at radius 3 is 2.20 bits per heavy atom. The predicted octanol–water partition coefficient (Wildman–Crippen LogP) is 0.343. The first kappa shape index (κ1) is 19.9. The molecule has 0 radical (unpaired) electrons. The molecule has 1 aromatic carbocycles. The highest BCUT2D eigenvalue weighted by Gasteiger charge is 2.09. The number of ether oxygens (including phenoxy) is 3. The molecular formula is C16H20N2O7. The highest BCUT2D eigenvalue weighted by atomic mass is 16.5. The minimum absolute atomic E-state index is 0.0818. The summed E-state index contributed by atoms with van der Waals surface area (Å²) in [6, 6.07) is 6.07. The topological polar surface area (TPSA) is 120 Å². The fourth-order valence-corrected chi connectivity index (χ4v) is 1.61. The third-order valence-electron chi connectivity index (χ3n) is 2.86. The Kier molecular flexibility index (Phi) is 8.48. The highest BCUT2D eigenvalue weighted by molar-refractivity contribution is 5.89. The molecule has 25 heavy (non-hydrogen) atoms. The Balaban J connectivity index is 2.30. The SMILES string of the molecule is CCOC(=O)c1ccc(OCC(=O)NNC(=O)CCC(=O)OC)cc1. The van der Waals surface area contributed by atoms with Crippen molar-refractivity contribution < 1.29 is 33.4 Å². The first-order chi connectivity index (χ1) is 12.0. The van der Waals surface area contributed by atoms with Gasteiger partial charge >= 0.3 is 11.9 Å². The van der Waals surface area contributed by atoms with Crippen LogP contribution >= 0.6 is 0 Å². The Bertz CT molecular complexity index is 613. The normalized spacial score (nSPS) is 9.68. The van der Waals surface area contributed by atoms with E-state index in [4.69, 9.17) is 9.47 Å². The lowest BCUT2D eigenvalue weighted by atomic mass is 10.2. The van der Waals surface area contributed by atoms with Crippen LogP contribution in [0.4, 0.5) is 0 Å². The van der Waals surface area contributed by atoms with Gasteiger partial charge in [0.1, 0.15) is 5.75 Å². The molecule has 0 spiro atoms. The van der Waals surface area contributed by atoms with Crippen LogP contribution in [0, 0.1) is 0 Å². The van der Waals surface area contributed by atoms with Crippen LogP contribution in [0.2, 0.25) is 0 Å². The molecule has 9 nitrogen and oxygen atoms in total. The molecule has 2 amide bonds. The van der Waals surface area contributed by atoms with E-state index in [1.165, 1.54) is 31.4 Å². The Morgan fingerprint density at radius 1 is 0.960 bits per heavy atom. The van der Waals surface area contributed by atoms with Crippen molar-refractivity contribution in [1.29, 1.82) is 0 Å². The second-order valence-corrected chi connectivity index (χ2v) is 4.71. The molecule has 0 bridgehead atoms. The van der Waals surface area contributed by atoms with E-state index in [-0.39, 0.29) is 26.1 Å². The number of hydrogen-bond donors (Lipinski definition) is 2. The number of nitrogens with one attached hydrogen (secondary N) is 2. The van der Waals surface area contributed by atoms with Crippen molar-refractivity contribution in [3.05, 3.63) is 29.8 Å². The van der Waals surface area contributed by atoms with Crippen LogP contribution in [0.3, 0.4) is 0 Å². The van der Waals surface area contributed by atoms with E-state index >= 15 is 0 Å². The standard InChI is InChI=1S/C16H20N2O7/c1-3-24-16(22)11-4-6-12(7-5-11)25-10-14(20)18-17-13(19)8-9-15(21)23-2/h4-7H,3,8-10H2,1-2H3,(H,17,19)(H,18,20). The monoisotopic (exact) mass is 352 g/mol. The molecule has 9 heteroatoms. The molecule has 0 heterocycles. The molecule has 0 aromatic heterocycles. The highest BCUT2D eigenvalue weighted by Crippen LogP contribution is 2.12. The predicted molar refractivity (Wildman–Crippen MR) is 85.4 cm³/mol. The zero-order chi connectivity index (χ0) is 18.7. The van der Waals surface area contributed by atoms with Crippen LogP contribution in [0.1, 0.15) is 30.1 Å². The Morgan fingerprint density at radius 2 is 1.60 bits per heavy atom. The fraction of sp³-hybridized carbons (Fsp3) is 0.375. The first-order valence-corrected chi connectivity index (χ1v) is 7.50. The summed E-state index contributed by atoms with van der Waals surface area (Å²) in [6.07, 6.45) is -0.190. The molecule has 0 fully saturated rings. The summed E-state index contributed by atoms with van der Waals surface area (Å²) in [5.74, 6) is -1.70. The lowest BCUT2D eigenvalue weighted by molar-refractivity contribution is -0.142. The van der Waals surface area contributed by atoms with Gasteiger partial charge in [0.2, 0.25) is 5.91 Å². The van der Waals surface area contributed by atoms with Gasteiger partial charge in [-0.1, -0.05) is 0 Å².